The lowest BCUT2D eigenvalue weighted by atomic mass is 9.94. The fraction of sp³-hybridized carbons (Fsp3) is 0.800. The average Bonchev–Trinajstić information content (AvgIpc) is 3.69. The summed E-state index contributed by atoms with van der Waals surface area (Å²) < 4.78 is 16.3. The fourth-order valence-electron chi connectivity index (χ4n) is 7.67. The second-order valence-electron chi connectivity index (χ2n) is 17.6. The maximum atomic E-state index is 14.2. The summed E-state index contributed by atoms with van der Waals surface area (Å²) in [5.41, 5.74) is 0. The smallest absolute Gasteiger partial charge is 0.329 e. The van der Waals surface area contributed by atoms with Gasteiger partial charge < -0.3 is 39.5 Å². The molecule has 0 aromatic carbocycles. The molecule has 0 bridgehead atoms. The largest absolute Gasteiger partial charge is 0.467 e. The van der Waals surface area contributed by atoms with E-state index in [2.05, 4.69) is 16.6 Å². The third-order valence-corrected chi connectivity index (χ3v) is 11.6. The Morgan fingerprint density at radius 3 is 1.87 bits per heavy atom. The third-order valence-electron chi connectivity index (χ3n) is 11.6. The molecule has 1 aliphatic rings. The normalized spacial score (nSPS) is 17.6. The van der Waals surface area contributed by atoms with Gasteiger partial charge in [-0.3, -0.25) is 24.0 Å². The van der Waals surface area contributed by atoms with Gasteiger partial charge in [0.05, 0.1) is 13.2 Å². The van der Waals surface area contributed by atoms with E-state index in [0.717, 1.165) is 12.8 Å². The van der Waals surface area contributed by atoms with Gasteiger partial charge in [-0.1, -0.05) is 75.7 Å². The Kier molecular flexibility index (Phi) is 23.5. The molecule has 15 heteroatoms. The van der Waals surface area contributed by atoms with E-state index in [1.807, 2.05) is 13.8 Å². The molecule has 15 nitrogen and oxygen atoms in total. The molecule has 0 aliphatic carbocycles. The second kappa shape index (κ2) is 26.2. The van der Waals surface area contributed by atoms with E-state index in [1.165, 1.54) is 28.9 Å². The predicted molar refractivity (Wildman–Crippen MR) is 230 cm³/mol. The van der Waals surface area contributed by atoms with Crippen LogP contribution in [-0.2, 0) is 47.8 Å². The van der Waals surface area contributed by atoms with Gasteiger partial charge in [-0.05, 0) is 68.1 Å². The van der Waals surface area contributed by atoms with Gasteiger partial charge in [-0.15, -0.1) is 12.3 Å². The van der Waals surface area contributed by atoms with Gasteiger partial charge in [0.15, 0.2) is 6.10 Å². The van der Waals surface area contributed by atoms with Crippen molar-refractivity contribution < 1.29 is 47.8 Å². The number of ether oxygens (including phenoxy) is 3. The van der Waals surface area contributed by atoms with Crippen molar-refractivity contribution in [3.05, 3.63) is 0 Å². The Morgan fingerprint density at radius 2 is 1.37 bits per heavy atom. The number of likely N-dealkylation sites (N-methyl/N-ethyl adjacent to an activating group) is 2. The third kappa shape index (κ3) is 15.4. The number of unbranched alkanes of at least 4 members (excludes halogenated alkanes) is 1. The van der Waals surface area contributed by atoms with E-state index in [0.29, 0.717) is 45.1 Å². The van der Waals surface area contributed by atoms with Crippen LogP contribution in [0.25, 0.3) is 0 Å². The molecule has 8 atom stereocenters. The van der Waals surface area contributed by atoms with Crippen molar-refractivity contribution in [2.45, 2.75) is 169 Å². The van der Waals surface area contributed by atoms with Crippen LogP contribution in [0.5, 0.6) is 0 Å². The lowest BCUT2D eigenvalue weighted by molar-refractivity contribution is -0.172. The predicted octanol–water partition coefficient (Wildman–Crippen LogP) is 4.34. The summed E-state index contributed by atoms with van der Waals surface area (Å²) in [5.74, 6) is -2.99. The summed E-state index contributed by atoms with van der Waals surface area (Å²) in [7, 11) is 5.96. The molecule has 1 heterocycles. The number of nitrogens with one attached hydrogen (secondary N) is 2. The number of hydrogen-bond acceptors (Lipinski definition) is 10. The van der Waals surface area contributed by atoms with E-state index in [9.17, 15) is 33.6 Å². The van der Waals surface area contributed by atoms with Crippen LogP contribution in [0.3, 0.4) is 0 Å². The monoisotopic (exact) mass is 848 g/mol. The van der Waals surface area contributed by atoms with E-state index in [1.54, 1.807) is 69.5 Å². The Labute approximate surface area is 360 Å². The molecule has 2 N–H and O–H groups in total. The van der Waals surface area contributed by atoms with Crippen LogP contribution in [0.1, 0.15) is 127 Å². The van der Waals surface area contributed by atoms with Crippen LogP contribution in [0.4, 0.5) is 0 Å². The maximum Gasteiger partial charge on any atom is 0.329 e. The lowest BCUT2D eigenvalue weighted by Gasteiger charge is -2.36. The standard InChI is InChI=1S/C45H77N5O10/c1-16-18-19-22-32(58-14)23-20-25-34(51)48(12)38(31(11)17-2)41(53)46-35(27(3)4)40(52)47-36(28(5)6)42(54)49(13)37(29(7)8)45(57)60-39(30(9)10)43(55)50-26-21-24-33(50)44(56)59-15/h1,27-33,35-39H,17-26H2,2-15H3,(H,46,53)(H,47,52)/t31-,32+,33-,35-,36-,37-,38-,39-/m0/s1. The number of terminal acetylenes is 1. The Bertz CT molecular complexity index is 1480. The van der Waals surface area contributed by atoms with Crippen molar-refractivity contribution in [3.8, 4) is 12.3 Å². The zero-order valence-corrected chi connectivity index (χ0v) is 39.0. The highest BCUT2D eigenvalue weighted by Crippen LogP contribution is 2.25. The zero-order valence-electron chi connectivity index (χ0n) is 39.0. The van der Waals surface area contributed by atoms with Gasteiger partial charge in [-0.2, -0.15) is 0 Å². The van der Waals surface area contributed by atoms with Crippen LogP contribution < -0.4 is 10.6 Å². The fourth-order valence-corrected chi connectivity index (χ4v) is 7.67. The summed E-state index contributed by atoms with van der Waals surface area (Å²) in [4.78, 5) is 99.8. The highest BCUT2D eigenvalue weighted by molar-refractivity contribution is 5.96. The summed E-state index contributed by atoms with van der Waals surface area (Å²) >= 11 is 0. The van der Waals surface area contributed by atoms with Gasteiger partial charge in [0.1, 0.15) is 30.2 Å². The molecular weight excluding hydrogens is 771 g/mol. The summed E-state index contributed by atoms with van der Waals surface area (Å²) in [6, 6.07) is -4.90. The number of carbonyl (C=O) groups excluding carboxylic acids is 7. The summed E-state index contributed by atoms with van der Waals surface area (Å²) in [6.45, 7) is 18.2. The van der Waals surface area contributed by atoms with Crippen molar-refractivity contribution in [1.82, 2.24) is 25.3 Å². The Morgan fingerprint density at radius 1 is 0.783 bits per heavy atom. The zero-order chi connectivity index (χ0) is 46.0. The SMILES string of the molecule is C#CCCC[C@H](CCCC(=O)N(C)[C@H](C(=O)N[C@H](C(=O)N[C@H](C(=O)N(C)[C@H](C(=O)O[C@H](C(=O)N1CCC[C@H]1C(=O)OC)C(C)C)C(C)C)C(C)C)C(C)C)[C@@H](C)CC)OC. The van der Waals surface area contributed by atoms with E-state index in [-0.39, 0.29) is 24.3 Å². The van der Waals surface area contributed by atoms with Gasteiger partial charge in [0.25, 0.3) is 5.91 Å². The van der Waals surface area contributed by atoms with E-state index < -0.39 is 95.6 Å². The molecule has 1 fully saturated rings. The number of carbonyl (C=O) groups is 7. The molecule has 0 saturated carbocycles. The minimum Gasteiger partial charge on any atom is -0.467 e. The van der Waals surface area contributed by atoms with Crippen LogP contribution >= 0.6 is 0 Å². The average molecular weight is 848 g/mol. The molecule has 1 rings (SSSR count). The van der Waals surface area contributed by atoms with Crippen molar-refractivity contribution in [2.24, 2.45) is 29.6 Å². The van der Waals surface area contributed by atoms with Gasteiger partial charge in [0, 0.05) is 40.6 Å². The number of esters is 2. The summed E-state index contributed by atoms with van der Waals surface area (Å²) in [5, 5.41) is 5.73. The molecule has 0 spiro atoms. The number of nitrogens with zero attached hydrogens (tertiary/aromatic N) is 3. The van der Waals surface area contributed by atoms with Gasteiger partial charge in [-0.25, -0.2) is 9.59 Å². The molecule has 5 amide bonds. The van der Waals surface area contributed by atoms with Crippen LogP contribution in [0.2, 0.25) is 0 Å². The molecule has 0 aromatic heterocycles. The molecule has 342 valence electrons. The summed E-state index contributed by atoms with van der Waals surface area (Å²) in [6.07, 6.45) is 9.55. The topological polar surface area (TPSA) is 181 Å². The molecule has 1 aliphatic heterocycles. The lowest BCUT2D eigenvalue weighted by Crippen LogP contribution is -2.61. The molecule has 1 saturated heterocycles. The first-order chi connectivity index (χ1) is 28.1. The van der Waals surface area contributed by atoms with Crippen molar-refractivity contribution in [2.75, 3.05) is 34.9 Å². The second-order valence-corrected chi connectivity index (χ2v) is 17.6. The first-order valence-electron chi connectivity index (χ1n) is 21.8. The Hall–Kier alpha value is -4.19. The highest BCUT2D eigenvalue weighted by Gasteiger charge is 2.43. The number of rotatable bonds is 25. The van der Waals surface area contributed by atoms with Gasteiger partial charge in [0.2, 0.25) is 23.6 Å². The number of hydrogen-bond donors (Lipinski definition) is 2. The highest BCUT2D eigenvalue weighted by atomic mass is 16.6. The van der Waals surface area contributed by atoms with Crippen LogP contribution in [-0.4, -0.2) is 133 Å². The van der Waals surface area contributed by atoms with E-state index >= 15 is 0 Å². The Balaban J connectivity index is 3.22. The van der Waals surface area contributed by atoms with Crippen molar-refractivity contribution in [3.63, 3.8) is 0 Å². The van der Waals surface area contributed by atoms with Crippen molar-refractivity contribution in [1.29, 1.82) is 0 Å². The minimum absolute atomic E-state index is 0.0155. The van der Waals surface area contributed by atoms with E-state index in [4.69, 9.17) is 20.6 Å². The molecular formula is C45H77N5O10. The number of likely N-dealkylation sites (tertiary alicyclic amines) is 1. The van der Waals surface area contributed by atoms with Gasteiger partial charge >= 0.3 is 11.9 Å². The first-order valence-corrected chi connectivity index (χ1v) is 21.8. The van der Waals surface area contributed by atoms with Crippen LogP contribution in [0, 0.1) is 41.9 Å². The number of methoxy groups -OCH3 is 2. The van der Waals surface area contributed by atoms with Crippen LogP contribution in [0.15, 0.2) is 0 Å². The maximum absolute atomic E-state index is 14.2. The quantitative estimate of drug-likeness (QED) is 0.0763. The molecule has 60 heavy (non-hydrogen) atoms. The number of amides is 5. The first kappa shape index (κ1) is 53.8. The molecule has 0 unspecified atom stereocenters. The minimum atomic E-state index is -1.21. The molecule has 0 aromatic rings. The van der Waals surface area contributed by atoms with Crippen molar-refractivity contribution >= 4 is 41.5 Å². The molecule has 0 radical (unpaired) electrons.